The van der Waals surface area contributed by atoms with E-state index in [1.807, 2.05) is 0 Å². The number of aliphatic carboxylic acids is 1. The molecule has 0 saturated carbocycles. The molecular weight excluding hydrogens is 262 g/mol. The molecule has 104 valence electrons. The molecule has 1 amide bonds. The summed E-state index contributed by atoms with van der Waals surface area (Å²) in [6, 6.07) is 6.66. The minimum Gasteiger partial charge on any atom is -0.481 e. The molecule has 20 heavy (non-hydrogen) atoms. The maximum absolute atomic E-state index is 11.4. The number of aromatic nitrogens is 2. The van der Waals surface area contributed by atoms with Gasteiger partial charge in [-0.2, -0.15) is 0 Å². The first-order valence-electron chi connectivity index (χ1n) is 5.94. The molecule has 0 unspecified atom stereocenters. The smallest absolute Gasteiger partial charge is 0.330 e. The van der Waals surface area contributed by atoms with Gasteiger partial charge in [-0.1, -0.05) is 0 Å². The third kappa shape index (κ3) is 3.35. The highest BCUT2D eigenvalue weighted by Gasteiger charge is 2.06. The third-order valence-electron chi connectivity index (χ3n) is 2.64. The predicted octanol–water partition coefficient (Wildman–Crippen LogP) is 0.969. The van der Waals surface area contributed by atoms with Crippen LogP contribution in [0.3, 0.4) is 0 Å². The Kier molecular flexibility index (Phi) is 3.99. The Hall–Kier alpha value is -2.83. The molecule has 7 nitrogen and oxygen atoms in total. The second kappa shape index (κ2) is 5.87. The topological polar surface area (TPSA) is 104 Å². The summed E-state index contributed by atoms with van der Waals surface area (Å²) >= 11 is 0. The van der Waals surface area contributed by atoms with Crippen LogP contribution in [0.2, 0.25) is 0 Å². The van der Waals surface area contributed by atoms with Crippen molar-refractivity contribution in [2.75, 3.05) is 5.32 Å². The molecule has 1 aromatic carbocycles. The number of carboxylic acids is 1. The van der Waals surface area contributed by atoms with E-state index < -0.39 is 5.97 Å². The maximum Gasteiger partial charge on any atom is 0.330 e. The largest absolute Gasteiger partial charge is 0.481 e. The van der Waals surface area contributed by atoms with Gasteiger partial charge in [0, 0.05) is 24.5 Å². The highest BCUT2D eigenvalue weighted by atomic mass is 16.4. The lowest BCUT2D eigenvalue weighted by Crippen LogP contribution is -2.15. The van der Waals surface area contributed by atoms with E-state index in [9.17, 15) is 14.4 Å². The van der Waals surface area contributed by atoms with Gasteiger partial charge < -0.3 is 15.4 Å². The van der Waals surface area contributed by atoms with Crippen LogP contribution in [0.25, 0.3) is 5.69 Å². The van der Waals surface area contributed by atoms with Crippen molar-refractivity contribution in [1.82, 2.24) is 9.55 Å². The molecule has 0 aliphatic heterocycles. The van der Waals surface area contributed by atoms with E-state index in [4.69, 9.17) is 5.11 Å². The van der Waals surface area contributed by atoms with Gasteiger partial charge in [0.05, 0.1) is 12.1 Å². The summed E-state index contributed by atoms with van der Waals surface area (Å²) in [6.45, 7) is 0. The van der Waals surface area contributed by atoms with E-state index in [1.165, 1.54) is 10.8 Å². The Morgan fingerprint density at radius 2 is 1.90 bits per heavy atom. The Morgan fingerprint density at radius 1 is 1.20 bits per heavy atom. The molecule has 0 aliphatic carbocycles. The summed E-state index contributed by atoms with van der Waals surface area (Å²) in [5.74, 6) is -1.37. The summed E-state index contributed by atoms with van der Waals surface area (Å²) in [4.78, 5) is 35.7. The molecule has 0 spiro atoms. The standard InChI is InChI=1S/C13H13N3O4/c17-11(5-6-12(18)19)15-9-1-3-10(4-2-9)16-8-7-14-13(16)20/h1-4,7-8H,5-6H2,(H,14,20)(H,15,17)(H,18,19). The number of nitrogens with zero attached hydrogens (tertiary/aromatic N) is 1. The Bertz CT molecular complexity index is 669. The summed E-state index contributed by atoms with van der Waals surface area (Å²) in [5.41, 5.74) is 0.968. The van der Waals surface area contributed by atoms with E-state index in [-0.39, 0.29) is 24.4 Å². The summed E-state index contributed by atoms with van der Waals surface area (Å²) in [6.07, 6.45) is 2.85. The average Bonchev–Trinajstić information content (AvgIpc) is 2.84. The molecule has 0 fully saturated rings. The van der Waals surface area contributed by atoms with Crippen molar-refractivity contribution in [3.05, 3.63) is 47.1 Å². The lowest BCUT2D eigenvalue weighted by molar-refractivity contribution is -0.138. The van der Waals surface area contributed by atoms with Crippen LogP contribution in [0.4, 0.5) is 5.69 Å². The fourth-order valence-corrected chi connectivity index (χ4v) is 1.67. The van der Waals surface area contributed by atoms with Crippen molar-refractivity contribution in [3.8, 4) is 5.69 Å². The van der Waals surface area contributed by atoms with Crippen LogP contribution in [0, 0.1) is 0 Å². The molecule has 0 aliphatic rings. The highest BCUT2D eigenvalue weighted by molar-refractivity contribution is 5.92. The zero-order valence-electron chi connectivity index (χ0n) is 10.5. The molecule has 2 aromatic rings. The first-order valence-corrected chi connectivity index (χ1v) is 5.94. The predicted molar refractivity (Wildman–Crippen MR) is 71.9 cm³/mol. The number of carboxylic acid groups (broad SMARTS) is 1. The van der Waals surface area contributed by atoms with Gasteiger partial charge in [0.15, 0.2) is 0 Å². The van der Waals surface area contributed by atoms with E-state index in [0.29, 0.717) is 11.4 Å². The zero-order chi connectivity index (χ0) is 14.5. The second-order valence-electron chi connectivity index (χ2n) is 4.12. The number of benzene rings is 1. The van der Waals surface area contributed by atoms with Crippen LogP contribution in [0.5, 0.6) is 0 Å². The highest BCUT2D eigenvalue weighted by Crippen LogP contribution is 2.12. The molecule has 1 heterocycles. The van der Waals surface area contributed by atoms with Crippen molar-refractivity contribution in [3.63, 3.8) is 0 Å². The van der Waals surface area contributed by atoms with Gasteiger partial charge in [-0.25, -0.2) is 4.79 Å². The number of imidazole rings is 1. The van der Waals surface area contributed by atoms with Crippen LogP contribution in [-0.4, -0.2) is 26.5 Å². The third-order valence-corrected chi connectivity index (χ3v) is 2.64. The summed E-state index contributed by atoms with van der Waals surface area (Å²) < 4.78 is 1.43. The second-order valence-corrected chi connectivity index (χ2v) is 4.12. The van der Waals surface area contributed by atoms with Crippen molar-refractivity contribution in [1.29, 1.82) is 0 Å². The number of hydrogen-bond acceptors (Lipinski definition) is 3. The number of rotatable bonds is 5. The van der Waals surface area contributed by atoms with Gasteiger partial charge in [-0.15, -0.1) is 0 Å². The zero-order valence-corrected chi connectivity index (χ0v) is 10.5. The van der Waals surface area contributed by atoms with Crippen molar-refractivity contribution >= 4 is 17.6 Å². The fraction of sp³-hybridized carbons (Fsp3) is 0.154. The monoisotopic (exact) mass is 275 g/mol. The molecule has 0 bridgehead atoms. The minimum atomic E-state index is -1.01. The van der Waals surface area contributed by atoms with Gasteiger partial charge in [-0.3, -0.25) is 14.2 Å². The van der Waals surface area contributed by atoms with Crippen LogP contribution in [-0.2, 0) is 9.59 Å². The lowest BCUT2D eigenvalue weighted by Gasteiger charge is -2.06. The quantitative estimate of drug-likeness (QED) is 0.756. The van der Waals surface area contributed by atoms with Crippen molar-refractivity contribution in [2.24, 2.45) is 0 Å². The van der Waals surface area contributed by atoms with Crippen molar-refractivity contribution < 1.29 is 14.7 Å². The van der Waals surface area contributed by atoms with Crippen LogP contribution >= 0.6 is 0 Å². The number of amides is 1. The SMILES string of the molecule is O=C(O)CCC(=O)Nc1ccc(-n2cc[nH]c2=O)cc1. The van der Waals surface area contributed by atoms with Gasteiger partial charge in [0.2, 0.25) is 5.91 Å². The minimum absolute atomic E-state index is 0.0750. The summed E-state index contributed by atoms with van der Waals surface area (Å²) in [7, 11) is 0. The van der Waals surface area contributed by atoms with Gasteiger partial charge in [-0.05, 0) is 24.3 Å². The molecule has 7 heteroatoms. The van der Waals surface area contributed by atoms with E-state index in [1.54, 1.807) is 30.5 Å². The van der Waals surface area contributed by atoms with E-state index in [0.717, 1.165) is 0 Å². The molecule has 0 radical (unpaired) electrons. The van der Waals surface area contributed by atoms with Crippen molar-refractivity contribution in [2.45, 2.75) is 12.8 Å². The number of carbonyl (C=O) groups is 2. The first-order chi connectivity index (χ1) is 9.56. The molecule has 1 aromatic heterocycles. The number of H-pyrrole nitrogens is 1. The number of carbonyl (C=O) groups excluding carboxylic acids is 1. The average molecular weight is 275 g/mol. The first kappa shape index (κ1) is 13.6. The number of nitrogens with one attached hydrogen (secondary N) is 2. The molecule has 0 atom stereocenters. The van der Waals surface area contributed by atoms with Crippen LogP contribution < -0.4 is 11.0 Å². The Morgan fingerprint density at radius 3 is 2.45 bits per heavy atom. The Labute approximate surface area is 113 Å². The number of hydrogen-bond donors (Lipinski definition) is 3. The molecule has 3 N–H and O–H groups in total. The molecule has 2 rings (SSSR count). The normalized spacial score (nSPS) is 10.2. The molecular formula is C13H13N3O4. The van der Waals surface area contributed by atoms with E-state index >= 15 is 0 Å². The van der Waals surface area contributed by atoms with Crippen LogP contribution in [0.1, 0.15) is 12.8 Å². The van der Waals surface area contributed by atoms with E-state index in [2.05, 4.69) is 10.3 Å². The maximum atomic E-state index is 11.4. The summed E-state index contributed by atoms with van der Waals surface area (Å²) in [5, 5.41) is 11.1. The van der Waals surface area contributed by atoms with Gasteiger partial charge in [0.25, 0.3) is 0 Å². The van der Waals surface area contributed by atoms with Gasteiger partial charge >= 0.3 is 11.7 Å². The van der Waals surface area contributed by atoms with Crippen LogP contribution in [0.15, 0.2) is 41.5 Å². The fourth-order valence-electron chi connectivity index (χ4n) is 1.67. The lowest BCUT2D eigenvalue weighted by atomic mass is 10.2. The Balaban J connectivity index is 2.02. The van der Waals surface area contributed by atoms with Gasteiger partial charge in [0.1, 0.15) is 0 Å². The molecule has 0 saturated heterocycles. The number of anilines is 1. The number of aromatic amines is 1.